The molecule has 20 heavy (non-hydrogen) atoms. The summed E-state index contributed by atoms with van der Waals surface area (Å²) in [6, 6.07) is 8.34. The molecule has 0 saturated carbocycles. The molecule has 0 aliphatic carbocycles. The minimum Gasteiger partial charge on any atom is -0.338 e. The molecule has 3 rings (SSSR count). The van der Waals surface area contributed by atoms with E-state index in [2.05, 4.69) is 34.0 Å². The third-order valence-corrected chi connectivity index (χ3v) is 4.13. The summed E-state index contributed by atoms with van der Waals surface area (Å²) in [6.07, 6.45) is 0. The van der Waals surface area contributed by atoms with Gasteiger partial charge in [0.1, 0.15) is 5.15 Å². The monoisotopic (exact) mass is 290 g/mol. The van der Waals surface area contributed by atoms with Crippen molar-refractivity contribution >= 4 is 28.5 Å². The second kappa shape index (κ2) is 5.54. The molecule has 0 spiro atoms. The Bertz CT molecular complexity index is 614. The molecular weight excluding hydrogens is 272 g/mol. The maximum Gasteiger partial charge on any atom is 0.227 e. The Morgan fingerprint density at radius 3 is 2.90 bits per heavy atom. The number of hydrogen-bond donors (Lipinski definition) is 1. The van der Waals surface area contributed by atoms with Gasteiger partial charge in [-0.25, -0.2) is 9.97 Å². The lowest BCUT2D eigenvalue weighted by Crippen LogP contribution is -2.53. The molecule has 1 aromatic carbocycles. The third-order valence-electron chi connectivity index (χ3n) is 3.84. The number of nitrogens with zero attached hydrogens (tertiary/aromatic N) is 3. The molecule has 1 unspecified atom stereocenters. The van der Waals surface area contributed by atoms with E-state index in [0.717, 1.165) is 36.5 Å². The molecule has 0 bridgehead atoms. The van der Waals surface area contributed by atoms with Crippen molar-refractivity contribution in [3.63, 3.8) is 0 Å². The molecule has 1 saturated heterocycles. The summed E-state index contributed by atoms with van der Waals surface area (Å²) in [4.78, 5) is 11.3. The van der Waals surface area contributed by atoms with Crippen LogP contribution in [-0.2, 0) is 0 Å². The van der Waals surface area contributed by atoms with Gasteiger partial charge in [-0.15, -0.1) is 0 Å². The molecule has 0 amide bonds. The van der Waals surface area contributed by atoms with Gasteiger partial charge in [0.15, 0.2) is 0 Å². The van der Waals surface area contributed by atoms with Crippen LogP contribution in [0.15, 0.2) is 24.3 Å². The molecule has 0 radical (unpaired) electrons. The van der Waals surface area contributed by atoms with Gasteiger partial charge >= 0.3 is 0 Å². The van der Waals surface area contributed by atoms with E-state index < -0.39 is 0 Å². The molecule has 1 aliphatic rings. The Balaban J connectivity index is 1.93. The van der Waals surface area contributed by atoms with Crippen LogP contribution >= 0.6 is 11.6 Å². The van der Waals surface area contributed by atoms with E-state index in [4.69, 9.17) is 11.6 Å². The molecular formula is C15H19ClN4. The van der Waals surface area contributed by atoms with E-state index in [1.807, 2.05) is 24.3 Å². The van der Waals surface area contributed by atoms with Crippen molar-refractivity contribution in [3.8, 4) is 0 Å². The lowest BCUT2D eigenvalue weighted by Gasteiger charge is -2.35. The lowest BCUT2D eigenvalue weighted by molar-refractivity contribution is 0.366. The van der Waals surface area contributed by atoms with E-state index in [9.17, 15) is 0 Å². The molecule has 4 nitrogen and oxygen atoms in total. The summed E-state index contributed by atoms with van der Waals surface area (Å²) in [5.41, 5.74) is 0.905. The lowest BCUT2D eigenvalue weighted by atomic mass is 10.0. The fourth-order valence-corrected chi connectivity index (χ4v) is 2.81. The first kappa shape index (κ1) is 13.6. The van der Waals surface area contributed by atoms with Gasteiger partial charge in [-0.05, 0) is 18.1 Å². The predicted molar refractivity (Wildman–Crippen MR) is 83.4 cm³/mol. The largest absolute Gasteiger partial charge is 0.338 e. The topological polar surface area (TPSA) is 41.1 Å². The van der Waals surface area contributed by atoms with E-state index in [-0.39, 0.29) is 0 Å². The number of hydrogen-bond acceptors (Lipinski definition) is 4. The highest BCUT2D eigenvalue weighted by Crippen LogP contribution is 2.24. The SMILES string of the molecule is CC(C)C1CN(c2nc(Cl)c3ccccc3n2)CCN1. The Morgan fingerprint density at radius 1 is 1.30 bits per heavy atom. The molecule has 1 fully saturated rings. The smallest absolute Gasteiger partial charge is 0.227 e. The fraction of sp³-hybridized carbons (Fsp3) is 0.467. The maximum absolute atomic E-state index is 6.29. The summed E-state index contributed by atoms with van der Waals surface area (Å²) in [5.74, 6) is 1.33. The van der Waals surface area contributed by atoms with Gasteiger partial charge in [0.25, 0.3) is 0 Å². The molecule has 106 valence electrons. The van der Waals surface area contributed by atoms with E-state index >= 15 is 0 Å². The first-order valence-electron chi connectivity index (χ1n) is 7.06. The molecule has 2 heterocycles. The molecule has 1 aliphatic heterocycles. The highest BCUT2D eigenvalue weighted by atomic mass is 35.5. The van der Waals surface area contributed by atoms with Crippen LogP contribution in [0, 0.1) is 5.92 Å². The zero-order valence-electron chi connectivity index (χ0n) is 11.8. The first-order chi connectivity index (χ1) is 9.65. The van der Waals surface area contributed by atoms with Crippen LogP contribution in [-0.4, -0.2) is 35.6 Å². The van der Waals surface area contributed by atoms with Crippen LogP contribution in [0.4, 0.5) is 5.95 Å². The van der Waals surface area contributed by atoms with Crippen molar-refractivity contribution in [1.82, 2.24) is 15.3 Å². The summed E-state index contributed by atoms with van der Waals surface area (Å²) in [7, 11) is 0. The van der Waals surface area contributed by atoms with Crippen molar-refractivity contribution in [1.29, 1.82) is 0 Å². The second-order valence-electron chi connectivity index (χ2n) is 5.58. The summed E-state index contributed by atoms with van der Waals surface area (Å²) < 4.78 is 0. The number of halogens is 1. The van der Waals surface area contributed by atoms with Gasteiger partial charge in [-0.1, -0.05) is 37.6 Å². The van der Waals surface area contributed by atoms with Crippen molar-refractivity contribution in [2.45, 2.75) is 19.9 Å². The zero-order chi connectivity index (χ0) is 14.1. The quantitative estimate of drug-likeness (QED) is 0.864. The third kappa shape index (κ3) is 2.58. The highest BCUT2D eigenvalue weighted by molar-refractivity contribution is 6.34. The number of aromatic nitrogens is 2. The van der Waals surface area contributed by atoms with Crippen LogP contribution in [0.2, 0.25) is 5.15 Å². The van der Waals surface area contributed by atoms with E-state index in [0.29, 0.717) is 17.1 Å². The molecule has 1 N–H and O–H groups in total. The van der Waals surface area contributed by atoms with Gasteiger partial charge in [0, 0.05) is 31.1 Å². The van der Waals surface area contributed by atoms with Crippen molar-refractivity contribution < 1.29 is 0 Å². The number of anilines is 1. The second-order valence-corrected chi connectivity index (χ2v) is 5.94. The number of rotatable bonds is 2. The van der Waals surface area contributed by atoms with Crippen LogP contribution in [0.3, 0.4) is 0 Å². The highest BCUT2D eigenvalue weighted by Gasteiger charge is 2.24. The summed E-state index contributed by atoms with van der Waals surface area (Å²) in [6.45, 7) is 7.26. The van der Waals surface area contributed by atoms with Crippen LogP contribution in [0.25, 0.3) is 10.9 Å². The minimum atomic E-state index is 0.470. The normalized spacial score (nSPS) is 19.8. The maximum atomic E-state index is 6.29. The van der Waals surface area contributed by atoms with Crippen LogP contribution < -0.4 is 10.2 Å². The number of benzene rings is 1. The van der Waals surface area contributed by atoms with Gasteiger partial charge in [0.05, 0.1) is 5.52 Å². The number of piperazine rings is 1. The average molecular weight is 291 g/mol. The van der Waals surface area contributed by atoms with Crippen molar-refractivity contribution in [2.24, 2.45) is 5.92 Å². The van der Waals surface area contributed by atoms with Crippen molar-refractivity contribution in [2.75, 3.05) is 24.5 Å². The first-order valence-corrected chi connectivity index (χ1v) is 7.43. The fourth-order valence-electron chi connectivity index (χ4n) is 2.57. The van der Waals surface area contributed by atoms with Crippen molar-refractivity contribution in [3.05, 3.63) is 29.4 Å². The van der Waals surface area contributed by atoms with Crippen LogP contribution in [0.1, 0.15) is 13.8 Å². The predicted octanol–water partition coefficient (Wildman–Crippen LogP) is 2.72. The Morgan fingerprint density at radius 2 is 2.10 bits per heavy atom. The van der Waals surface area contributed by atoms with E-state index in [1.165, 1.54) is 0 Å². The minimum absolute atomic E-state index is 0.470. The zero-order valence-corrected chi connectivity index (χ0v) is 12.6. The average Bonchev–Trinajstić information content (AvgIpc) is 2.47. The Labute approximate surface area is 124 Å². The number of para-hydroxylation sites is 1. The van der Waals surface area contributed by atoms with Gasteiger partial charge < -0.3 is 10.2 Å². The molecule has 1 atom stereocenters. The summed E-state index contributed by atoms with van der Waals surface area (Å²) in [5, 5.41) is 4.98. The van der Waals surface area contributed by atoms with Gasteiger partial charge in [0.2, 0.25) is 5.95 Å². The van der Waals surface area contributed by atoms with Gasteiger partial charge in [-0.3, -0.25) is 0 Å². The number of nitrogens with one attached hydrogen (secondary N) is 1. The standard InChI is InChI=1S/C15H19ClN4/c1-10(2)13-9-20(8-7-17-13)15-18-12-6-4-3-5-11(12)14(16)19-15/h3-6,10,13,17H,7-9H2,1-2H3. The summed E-state index contributed by atoms with van der Waals surface area (Å²) >= 11 is 6.29. The molecule has 1 aromatic heterocycles. The Hall–Kier alpha value is -1.39. The molecule has 5 heteroatoms. The molecule has 2 aromatic rings. The van der Waals surface area contributed by atoms with Gasteiger partial charge in [-0.2, -0.15) is 0 Å². The van der Waals surface area contributed by atoms with E-state index in [1.54, 1.807) is 0 Å². The number of fused-ring (bicyclic) bond motifs is 1. The Kier molecular flexibility index (Phi) is 3.76. The van der Waals surface area contributed by atoms with Crippen LogP contribution in [0.5, 0.6) is 0 Å².